The first-order valence-electron chi connectivity index (χ1n) is 4.88. The number of hydrogen-bond donors (Lipinski definition) is 3. The highest BCUT2D eigenvalue weighted by molar-refractivity contribution is 5.24. The predicted octanol–water partition coefficient (Wildman–Crippen LogP) is -0.0573. The van der Waals surface area contributed by atoms with Crippen molar-refractivity contribution in [1.29, 1.82) is 0 Å². The van der Waals surface area contributed by atoms with Gasteiger partial charge in [-0.15, -0.1) is 0 Å². The van der Waals surface area contributed by atoms with Crippen molar-refractivity contribution in [3.8, 4) is 0 Å². The minimum absolute atomic E-state index is 0.418. The topological polar surface area (TPSA) is 67.3 Å². The molecule has 0 aliphatic carbocycles. The zero-order valence-electron chi connectivity index (χ0n) is 8.96. The molecule has 0 aromatic carbocycles. The quantitative estimate of drug-likeness (QED) is 0.589. The van der Waals surface area contributed by atoms with E-state index >= 15 is 0 Å². The van der Waals surface area contributed by atoms with Gasteiger partial charge in [-0.05, 0) is 45.6 Å². The second kappa shape index (κ2) is 4.48. The highest BCUT2D eigenvalue weighted by Gasteiger charge is 2.21. The Labute approximate surface area is 85.6 Å². The van der Waals surface area contributed by atoms with Crippen molar-refractivity contribution < 1.29 is 0 Å². The maximum absolute atomic E-state index is 6.09. The number of allylic oxidation sites excluding steroid dienone is 1. The van der Waals surface area contributed by atoms with Gasteiger partial charge in [0.05, 0.1) is 0 Å². The SMILES string of the molecule is CN(C)CCCC1(N)C=CC(N)=CN1. The Balaban J connectivity index is 2.34. The number of nitrogens with one attached hydrogen (secondary N) is 1. The van der Waals surface area contributed by atoms with E-state index in [0.717, 1.165) is 25.1 Å². The maximum atomic E-state index is 6.09. The van der Waals surface area contributed by atoms with E-state index in [1.807, 2.05) is 12.2 Å². The second-order valence-corrected chi connectivity index (χ2v) is 4.07. The first-order valence-corrected chi connectivity index (χ1v) is 4.88. The van der Waals surface area contributed by atoms with E-state index in [9.17, 15) is 0 Å². The molecule has 5 N–H and O–H groups in total. The zero-order chi connectivity index (χ0) is 10.6. The minimum Gasteiger partial charge on any atom is -0.398 e. The van der Waals surface area contributed by atoms with Gasteiger partial charge in [0.25, 0.3) is 0 Å². The molecule has 0 radical (unpaired) electrons. The van der Waals surface area contributed by atoms with E-state index < -0.39 is 5.66 Å². The van der Waals surface area contributed by atoms with Gasteiger partial charge in [-0.3, -0.25) is 0 Å². The summed E-state index contributed by atoms with van der Waals surface area (Å²) in [5.74, 6) is 0. The number of nitrogens with zero attached hydrogens (tertiary/aromatic N) is 1. The van der Waals surface area contributed by atoms with Gasteiger partial charge in [0.2, 0.25) is 0 Å². The first-order chi connectivity index (χ1) is 6.52. The maximum Gasteiger partial charge on any atom is 0.105 e. The predicted molar refractivity (Wildman–Crippen MR) is 59.3 cm³/mol. The molecule has 1 aliphatic heterocycles. The molecule has 1 unspecified atom stereocenters. The van der Waals surface area contributed by atoms with Crippen LogP contribution in [0.15, 0.2) is 24.0 Å². The summed E-state index contributed by atoms with van der Waals surface area (Å²) in [6.45, 7) is 1.05. The Morgan fingerprint density at radius 2 is 2.21 bits per heavy atom. The van der Waals surface area contributed by atoms with Gasteiger partial charge >= 0.3 is 0 Å². The van der Waals surface area contributed by atoms with E-state index in [4.69, 9.17) is 11.5 Å². The molecule has 4 nitrogen and oxygen atoms in total. The van der Waals surface area contributed by atoms with E-state index in [0.29, 0.717) is 0 Å². The summed E-state index contributed by atoms with van der Waals surface area (Å²) in [5, 5.41) is 3.10. The smallest absolute Gasteiger partial charge is 0.105 e. The molecule has 0 saturated heterocycles. The fraction of sp³-hybridized carbons (Fsp3) is 0.600. The van der Waals surface area contributed by atoms with Crippen molar-refractivity contribution in [2.75, 3.05) is 20.6 Å². The number of dihydropyridines is 1. The molecule has 14 heavy (non-hydrogen) atoms. The Kier molecular flexibility index (Phi) is 3.55. The molecule has 0 aromatic heterocycles. The summed E-state index contributed by atoms with van der Waals surface area (Å²) >= 11 is 0. The van der Waals surface area contributed by atoms with Crippen molar-refractivity contribution in [3.05, 3.63) is 24.0 Å². The van der Waals surface area contributed by atoms with Crippen molar-refractivity contribution in [2.45, 2.75) is 18.5 Å². The summed E-state index contributed by atoms with van der Waals surface area (Å²) in [6.07, 6.45) is 7.51. The van der Waals surface area contributed by atoms with Gasteiger partial charge in [-0.2, -0.15) is 0 Å². The van der Waals surface area contributed by atoms with Gasteiger partial charge in [0.15, 0.2) is 0 Å². The van der Waals surface area contributed by atoms with Crippen LogP contribution < -0.4 is 16.8 Å². The third-order valence-electron chi connectivity index (χ3n) is 2.28. The van der Waals surface area contributed by atoms with Crippen LogP contribution in [0.2, 0.25) is 0 Å². The highest BCUT2D eigenvalue weighted by Crippen LogP contribution is 2.12. The molecule has 0 fully saturated rings. The zero-order valence-corrected chi connectivity index (χ0v) is 8.96. The van der Waals surface area contributed by atoms with Crippen LogP contribution in [0.5, 0.6) is 0 Å². The van der Waals surface area contributed by atoms with E-state index in [-0.39, 0.29) is 0 Å². The van der Waals surface area contributed by atoms with Crippen LogP contribution in [-0.4, -0.2) is 31.2 Å². The molecule has 1 rings (SSSR count). The van der Waals surface area contributed by atoms with Crippen molar-refractivity contribution >= 4 is 0 Å². The van der Waals surface area contributed by atoms with Gasteiger partial charge in [0.1, 0.15) is 5.66 Å². The highest BCUT2D eigenvalue weighted by atomic mass is 15.1. The molecule has 0 aromatic rings. The molecular weight excluding hydrogens is 176 g/mol. The average molecular weight is 196 g/mol. The molecule has 80 valence electrons. The molecule has 4 heteroatoms. The Morgan fingerprint density at radius 1 is 1.50 bits per heavy atom. The van der Waals surface area contributed by atoms with Crippen LogP contribution in [-0.2, 0) is 0 Å². The molecule has 0 saturated carbocycles. The van der Waals surface area contributed by atoms with Gasteiger partial charge in [0, 0.05) is 11.9 Å². The summed E-state index contributed by atoms with van der Waals surface area (Å²) in [7, 11) is 4.12. The van der Waals surface area contributed by atoms with E-state index in [1.165, 1.54) is 0 Å². The molecule has 0 spiro atoms. The molecule has 1 atom stereocenters. The van der Waals surface area contributed by atoms with Crippen LogP contribution in [0, 0.1) is 0 Å². The summed E-state index contributed by atoms with van der Waals surface area (Å²) < 4.78 is 0. The minimum atomic E-state index is -0.418. The third-order valence-corrected chi connectivity index (χ3v) is 2.28. The monoisotopic (exact) mass is 196 g/mol. The summed E-state index contributed by atoms with van der Waals surface area (Å²) in [6, 6.07) is 0. The van der Waals surface area contributed by atoms with Gasteiger partial charge in [-0.25, -0.2) is 0 Å². The molecule has 0 amide bonds. The van der Waals surface area contributed by atoms with E-state index in [2.05, 4.69) is 24.3 Å². The molecular formula is C10H20N4. The lowest BCUT2D eigenvalue weighted by atomic mass is 10.0. The largest absolute Gasteiger partial charge is 0.398 e. The Bertz CT molecular complexity index is 245. The fourth-order valence-corrected chi connectivity index (χ4v) is 1.40. The lowest BCUT2D eigenvalue weighted by molar-refractivity contribution is 0.349. The molecule has 1 heterocycles. The summed E-state index contributed by atoms with van der Waals surface area (Å²) in [5.41, 5.74) is 12.0. The first kappa shape index (κ1) is 11.1. The van der Waals surface area contributed by atoms with Crippen molar-refractivity contribution in [2.24, 2.45) is 11.5 Å². The second-order valence-electron chi connectivity index (χ2n) is 4.07. The van der Waals surface area contributed by atoms with Crippen LogP contribution >= 0.6 is 0 Å². The lowest BCUT2D eigenvalue weighted by Crippen LogP contribution is -2.51. The normalized spacial score (nSPS) is 26.1. The number of hydrogen-bond acceptors (Lipinski definition) is 4. The van der Waals surface area contributed by atoms with Gasteiger partial charge < -0.3 is 21.7 Å². The van der Waals surface area contributed by atoms with Crippen LogP contribution in [0.25, 0.3) is 0 Å². The van der Waals surface area contributed by atoms with E-state index in [1.54, 1.807) is 6.20 Å². The lowest BCUT2D eigenvalue weighted by Gasteiger charge is -2.29. The fourth-order valence-electron chi connectivity index (χ4n) is 1.40. The Hall–Kier alpha value is -1.00. The van der Waals surface area contributed by atoms with Crippen LogP contribution in [0.4, 0.5) is 0 Å². The number of rotatable bonds is 4. The Morgan fingerprint density at radius 3 is 2.71 bits per heavy atom. The van der Waals surface area contributed by atoms with Crippen LogP contribution in [0.1, 0.15) is 12.8 Å². The third kappa shape index (κ3) is 3.40. The average Bonchev–Trinajstić information content (AvgIpc) is 2.10. The van der Waals surface area contributed by atoms with Crippen molar-refractivity contribution in [1.82, 2.24) is 10.2 Å². The standard InChI is InChI=1S/C10H20N4/c1-14(2)7-3-5-10(12)6-4-9(11)8-13-10/h4,6,8,13H,3,5,7,11-12H2,1-2H3. The van der Waals surface area contributed by atoms with Gasteiger partial charge in [-0.1, -0.05) is 0 Å². The van der Waals surface area contributed by atoms with Crippen LogP contribution in [0.3, 0.4) is 0 Å². The molecule has 1 aliphatic rings. The van der Waals surface area contributed by atoms with Crippen molar-refractivity contribution in [3.63, 3.8) is 0 Å². The summed E-state index contributed by atoms with van der Waals surface area (Å²) in [4.78, 5) is 2.15. The molecule has 0 bridgehead atoms. The number of nitrogens with two attached hydrogens (primary N) is 2.